The Morgan fingerprint density at radius 3 is 0.970 bits per heavy atom. The highest BCUT2D eigenvalue weighted by molar-refractivity contribution is 6.45. The van der Waals surface area contributed by atoms with E-state index in [4.69, 9.17) is 37.9 Å². The van der Waals surface area contributed by atoms with Crippen molar-refractivity contribution < 1.29 is 66.7 Å². The van der Waals surface area contributed by atoms with Crippen LogP contribution in [0.25, 0.3) is 43.1 Å². The van der Waals surface area contributed by atoms with Gasteiger partial charge in [0.25, 0.3) is 23.6 Å². The molecule has 20 heteroatoms. The van der Waals surface area contributed by atoms with Crippen LogP contribution in [0, 0.1) is 55.4 Å². The van der Waals surface area contributed by atoms with Crippen LogP contribution in [-0.2, 0) is 28.5 Å². The van der Waals surface area contributed by atoms with Gasteiger partial charge in [-0.25, -0.2) is 0 Å². The van der Waals surface area contributed by atoms with Gasteiger partial charge in [-0.2, -0.15) is 0 Å². The molecule has 2 N–H and O–H groups in total. The quantitative estimate of drug-likeness (QED) is 0.0188. The number of aromatic nitrogens is 2. The predicted octanol–water partition coefficient (Wildman–Crippen LogP) is 13.9. The zero-order valence-electron chi connectivity index (χ0n) is 56.3. The van der Waals surface area contributed by atoms with Crippen molar-refractivity contribution in [3.05, 3.63) is 224 Å². The summed E-state index contributed by atoms with van der Waals surface area (Å²) in [6, 6.07) is 35.7. The summed E-state index contributed by atoms with van der Waals surface area (Å²) in [4.78, 5) is 107. The number of benzene rings is 9. The van der Waals surface area contributed by atoms with Crippen molar-refractivity contribution >= 4 is 78.5 Å². The van der Waals surface area contributed by atoms with Crippen molar-refractivity contribution in [1.82, 2.24) is 30.4 Å². The highest BCUT2D eigenvalue weighted by atomic mass is 16.6. The van der Waals surface area contributed by atoms with E-state index in [0.717, 1.165) is 54.3 Å². The number of hydrogen-bond acceptors (Lipinski definition) is 16. The zero-order valence-corrected chi connectivity index (χ0v) is 56.3. The van der Waals surface area contributed by atoms with Crippen molar-refractivity contribution in [2.24, 2.45) is 0 Å². The lowest BCUT2D eigenvalue weighted by molar-refractivity contribution is -0.126. The van der Waals surface area contributed by atoms with E-state index in [-0.39, 0.29) is 138 Å². The van der Waals surface area contributed by atoms with E-state index in [0.29, 0.717) is 49.4 Å². The zero-order chi connectivity index (χ0) is 69.4. The van der Waals surface area contributed by atoms with Gasteiger partial charge in [-0.1, -0.05) is 82.9 Å². The molecule has 6 amide bonds. The number of pyridine rings is 2. The van der Waals surface area contributed by atoms with Crippen LogP contribution in [0.5, 0.6) is 46.0 Å². The summed E-state index contributed by atoms with van der Waals surface area (Å²) in [6.07, 6.45) is 2.93. The number of carbonyl (C=O) groups is 6. The largest absolute Gasteiger partial charge is 0.456 e. The fourth-order valence-corrected chi connectivity index (χ4v) is 13.8. The Kier molecular flexibility index (Phi) is 17.0. The van der Waals surface area contributed by atoms with E-state index in [9.17, 15) is 0 Å². The summed E-state index contributed by atoms with van der Waals surface area (Å²) in [5.74, 6) is -2.94. The monoisotopic (exact) mass is 1340 g/mol. The smallest absolute Gasteiger partial charge is 0.262 e. The van der Waals surface area contributed by atoms with Crippen molar-refractivity contribution in [1.29, 1.82) is 0 Å². The van der Waals surface area contributed by atoms with Gasteiger partial charge in [0.15, 0.2) is 12.1 Å². The predicted molar refractivity (Wildman–Crippen MR) is 374 cm³/mol. The van der Waals surface area contributed by atoms with Crippen LogP contribution in [0.15, 0.2) is 146 Å². The van der Waals surface area contributed by atoms with Gasteiger partial charge in [0.05, 0.1) is 73.3 Å². The number of amides is 6. The van der Waals surface area contributed by atoms with Crippen LogP contribution < -0.4 is 29.6 Å². The molecule has 20 nitrogen and oxygen atoms in total. The lowest BCUT2D eigenvalue weighted by atomic mass is 9.80. The highest BCUT2D eigenvalue weighted by Gasteiger charge is 2.48. The lowest BCUT2D eigenvalue weighted by Crippen LogP contribution is -2.49. The van der Waals surface area contributed by atoms with Crippen LogP contribution in [0.1, 0.15) is 109 Å². The molecule has 100 heavy (non-hydrogen) atoms. The Morgan fingerprint density at radius 1 is 0.410 bits per heavy atom. The van der Waals surface area contributed by atoms with Gasteiger partial charge in [0.1, 0.15) is 58.2 Å². The first kappa shape index (κ1) is 64.8. The minimum atomic E-state index is -1.62. The van der Waals surface area contributed by atoms with Crippen LogP contribution in [0.3, 0.4) is 0 Å². The van der Waals surface area contributed by atoms with Gasteiger partial charge in [0.2, 0.25) is 11.8 Å². The molecular weight excluding hydrogens is 1270 g/mol. The van der Waals surface area contributed by atoms with E-state index < -0.39 is 47.5 Å². The highest BCUT2D eigenvalue weighted by Crippen LogP contribution is 2.59. The molecule has 0 saturated carbocycles. The maximum Gasteiger partial charge on any atom is 0.262 e. The van der Waals surface area contributed by atoms with Crippen LogP contribution in [-0.4, -0.2) is 120 Å². The number of fused-ring (bicyclic) bond motifs is 2. The summed E-state index contributed by atoms with van der Waals surface area (Å²) in [6.45, 7) is 17.6. The Hall–Kier alpha value is -11.2. The molecule has 0 radical (unpaired) electrons. The van der Waals surface area contributed by atoms with Gasteiger partial charge in [-0.3, -0.25) is 48.5 Å². The standard InChI is InChI=1S/C80H70N6O14/c1-41-15-19-57(45(5)29-41)97-61-33-51-65-52(78(90)85(77(51)89)73(55-13-9-11-23-81-55)75(87)83-25-27-93-37-49-39-95-49)35-63(99-59-21-17-43(3)31-47(59)7)69-70-64(100-60-22-18-44(4)32-48(60)8)36-54-66-53(34-62(68(72(66)70)67(61)71(65)69)98-58-20-16-42(2)30-46(58)6)79(91)86(80(54)92)74(56-14-10-12-24-82-56)76(88)84-26-28-94-38-50-40-96-50/h9-24,29-36,49-50,73-74H,25-28,37-40H2,1-8H3,(H,83,87)(H,84,88). The second kappa shape index (κ2) is 26.3. The van der Waals surface area contributed by atoms with E-state index in [1.165, 1.54) is 12.4 Å². The molecule has 0 spiro atoms. The Bertz CT molecular complexity index is 4650. The minimum absolute atomic E-state index is 0.0200. The number of rotatable bonds is 24. The number of ether oxygens (including phenoxy) is 8. The average molecular weight is 1340 g/mol. The number of aryl methyl sites for hydroxylation is 8. The molecule has 0 aliphatic carbocycles. The fraction of sp³-hybridized carbons (Fsp3) is 0.250. The number of nitrogens with zero attached hydrogens (tertiary/aromatic N) is 4. The first-order valence-corrected chi connectivity index (χ1v) is 33.3. The minimum Gasteiger partial charge on any atom is -0.456 e. The number of imide groups is 2. The molecule has 2 aromatic heterocycles. The van der Waals surface area contributed by atoms with Crippen molar-refractivity contribution in [2.75, 3.05) is 52.7 Å². The molecular formula is C80H70N6O14. The Labute approximate surface area is 575 Å². The second-order valence-electron chi connectivity index (χ2n) is 26.1. The molecule has 4 aliphatic rings. The van der Waals surface area contributed by atoms with Gasteiger partial charge >= 0.3 is 0 Å². The molecule has 504 valence electrons. The van der Waals surface area contributed by atoms with Crippen LogP contribution >= 0.6 is 0 Å². The van der Waals surface area contributed by atoms with E-state index in [2.05, 4.69) is 20.6 Å². The molecule has 6 heterocycles. The summed E-state index contributed by atoms with van der Waals surface area (Å²) < 4.78 is 51.6. The first-order valence-electron chi connectivity index (χ1n) is 33.3. The van der Waals surface area contributed by atoms with E-state index in [1.807, 2.05) is 128 Å². The Balaban J connectivity index is 1.07. The van der Waals surface area contributed by atoms with E-state index in [1.54, 1.807) is 60.7 Å². The number of hydrogen-bond donors (Lipinski definition) is 2. The lowest BCUT2D eigenvalue weighted by Gasteiger charge is -2.35. The molecule has 4 unspecified atom stereocenters. The SMILES string of the molecule is Cc1ccc(Oc2cc3c4c(cc(Oc5ccc(C)cc5C)c5c6c(Oc7ccc(C)cc7C)cc7c8c(cc(Oc9ccc(C)cc9C)c(c2c45)c86)C(=O)N(C(C(=O)NCCOCC2CO2)c2ccccn2)C7=O)C(=O)N(C(C(=O)NCCOCC2CO2)c2ccccn2)C3=O)c(C)c1. The van der Waals surface area contributed by atoms with Crippen molar-refractivity contribution in [3.8, 4) is 46.0 Å². The fourth-order valence-electron chi connectivity index (χ4n) is 13.8. The molecule has 4 aliphatic heterocycles. The maximum atomic E-state index is 16.4. The maximum absolute atomic E-state index is 16.4. The number of epoxide rings is 2. The average Bonchev–Trinajstić information content (AvgIpc) is 1.07. The normalized spacial score (nSPS) is 16.0. The molecule has 4 atom stereocenters. The van der Waals surface area contributed by atoms with Gasteiger partial charge < -0.3 is 48.5 Å². The third-order valence-electron chi connectivity index (χ3n) is 18.6. The van der Waals surface area contributed by atoms with Crippen molar-refractivity contribution in [3.63, 3.8) is 0 Å². The third-order valence-corrected chi connectivity index (χ3v) is 18.6. The van der Waals surface area contributed by atoms with Crippen LogP contribution in [0.4, 0.5) is 0 Å². The topological polar surface area (TPSA) is 239 Å². The number of nitrogens with one attached hydrogen (secondary N) is 2. The van der Waals surface area contributed by atoms with E-state index >= 15 is 28.8 Å². The van der Waals surface area contributed by atoms with Gasteiger partial charge in [-0.15, -0.1) is 0 Å². The van der Waals surface area contributed by atoms with Gasteiger partial charge in [-0.05, 0) is 150 Å². The van der Waals surface area contributed by atoms with Crippen LogP contribution in [0.2, 0.25) is 0 Å². The molecule has 2 saturated heterocycles. The molecule has 15 rings (SSSR count). The summed E-state index contributed by atoms with van der Waals surface area (Å²) in [5, 5.41) is 7.81. The summed E-state index contributed by atoms with van der Waals surface area (Å²) >= 11 is 0. The molecule has 2 fully saturated rings. The summed E-state index contributed by atoms with van der Waals surface area (Å²) in [5.41, 5.74) is 6.79. The molecule has 11 aromatic rings. The Morgan fingerprint density at radius 2 is 0.710 bits per heavy atom. The number of carbonyl (C=O) groups excluding carboxylic acids is 6. The third kappa shape index (κ3) is 12.0. The van der Waals surface area contributed by atoms with Gasteiger partial charge in [0, 0.05) is 68.6 Å². The summed E-state index contributed by atoms with van der Waals surface area (Å²) in [7, 11) is 0. The second-order valence-corrected chi connectivity index (χ2v) is 26.1. The molecule has 9 aromatic carbocycles. The van der Waals surface area contributed by atoms with Crippen molar-refractivity contribution in [2.45, 2.75) is 79.7 Å². The first-order chi connectivity index (χ1) is 48.4. The molecule has 0 bridgehead atoms.